The molecule has 0 aliphatic rings. The van der Waals surface area contributed by atoms with Crippen molar-refractivity contribution in [1.29, 1.82) is 0 Å². The maximum atomic E-state index is 3.61. The summed E-state index contributed by atoms with van der Waals surface area (Å²) in [5, 5.41) is 2.59. The van der Waals surface area contributed by atoms with Gasteiger partial charge in [0.25, 0.3) is 0 Å². The summed E-state index contributed by atoms with van der Waals surface area (Å²) in [5.41, 5.74) is 3.88. The fraction of sp³-hybridized carbons (Fsp3) is 0.304. The lowest BCUT2D eigenvalue weighted by molar-refractivity contribution is 0.302. The van der Waals surface area contributed by atoms with Gasteiger partial charge in [-0.25, -0.2) is 0 Å². The summed E-state index contributed by atoms with van der Waals surface area (Å²) in [6.45, 7) is 5.35. The van der Waals surface area contributed by atoms with E-state index in [9.17, 15) is 0 Å². The van der Waals surface area contributed by atoms with E-state index in [2.05, 4.69) is 102 Å². The van der Waals surface area contributed by atoms with Crippen molar-refractivity contribution in [3.63, 3.8) is 0 Å². The largest absolute Gasteiger partial charge is 0.360 e. The van der Waals surface area contributed by atoms with E-state index in [1.807, 2.05) is 6.20 Å². The van der Waals surface area contributed by atoms with E-state index < -0.39 is 0 Å². The number of nitrogens with one attached hydrogen (secondary N) is 2. The Labute approximate surface area is 171 Å². The van der Waals surface area contributed by atoms with Gasteiger partial charge in [0.1, 0.15) is 0 Å². The number of H-pyrrole nitrogens is 1. The molecule has 0 saturated carbocycles. The van der Waals surface area contributed by atoms with Crippen molar-refractivity contribution in [1.82, 2.24) is 19.2 Å². The molecule has 4 nitrogen and oxygen atoms in total. The van der Waals surface area contributed by atoms with Crippen LogP contribution in [0.5, 0.6) is 0 Å². The van der Waals surface area contributed by atoms with Crippen LogP contribution in [0.4, 0.5) is 0 Å². The molecule has 0 aliphatic heterocycles. The van der Waals surface area contributed by atoms with Crippen LogP contribution in [0.25, 0.3) is 21.8 Å². The number of para-hydroxylation sites is 2. The van der Waals surface area contributed by atoms with Crippen LogP contribution < -0.4 is 4.72 Å². The van der Waals surface area contributed by atoms with E-state index in [0.29, 0.717) is 12.1 Å². The quantitative estimate of drug-likeness (QED) is 0.402. The minimum Gasteiger partial charge on any atom is -0.360 e. The number of fused-ring (bicyclic) bond motifs is 2. The second kappa shape index (κ2) is 8.03. The maximum Gasteiger partial charge on any atom is 0.0605 e. The zero-order chi connectivity index (χ0) is 19.7. The summed E-state index contributed by atoms with van der Waals surface area (Å²) < 4.78 is 6.00. The Morgan fingerprint density at radius 2 is 1.89 bits per heavy atom. The second-order valence-electron chi connectivity index (χ2n) is 7.73. The molecule has 0 saturated heterocycles. The van der Waals surface area contributed by atoms with Crippen LogP contribution in [0.3, 0.4) is 0 Å². The zero-order valence-corrected chi connectivity index (χ0v) is 17.8. The number of hydrogen-bond acceptors (Lipinski definition) is 3. The Bertz CT molecular complexity index is 1080. The number of hydrogen-bond donors (Lipinski definition) is 2. The minimum atomic E-state index is 0.292. The Morgan fingerprint density at radius 1 is 1.07 bits per heavy atom. The highest BCUT2D eigenvalue weighted by Crippen LogP contribution is 2.32. The van der Waals surface area contributed by atoms with Gasteiger partial charge in [-0.2, -0.15) is 0 Å². The van der Waals surface area contributed by atoms with Crippen LogP contribution in [0.2, 0.25) is 0 Å². The van der Waals surface area contributed by atoms with Crippen LogP contribution in [0.15, 0.2) is 65.8 Å². The van der Waals surface area contributed by atoms with Gasteiger partial charge in [0, 0.05) is 52.2 Å². The molecule has 0 amide bonds. The fourth-order valence-corrected chi connectivity index (χ4v) is 4.66. The number of nitrogens with zero attached hydrogens (tertiary/aromatic N) is 2. The molecule has 0 spiro atoms. The van der Waals surface area contributed by atoms with E-state index in [0.717, 1.165) is 6.54 Å². The third-order valence-electron chi connectivity index (χ3n) is 5.32. The van der Waals surface area contributed by atoms with E-state index in [4.69, 9.17) is 0 Å². The van der Waals surface area contributed by atoms with E-state index >= 15 is 0 Å². The molecule has 5 heteroatoms. The van der Waals surface area contributed by atoms with E-state index in [1.165, 1.54) is 32.3 Å². The molecule has 28 heavy (non-hydrogen) atoms. The lowest BCUT2D eigenvalue weighted by atomic mass is 10.1. The zero-order valence-electron chi connectivity index (χ0n) is 16.9. The summed E-state index contributed by atoms with van der Waals surface area (Å²) in [5.74, 6) is 0. The predicted molar refractivity (Wildman–Crippen MR) is 121 cm³/mol. The molecule has 2 aromatic carbocycles. The van der Waals surface area contributed by atoms with Gasteiger partial charge in [0.15, 0.2) is 0 Å². The lowest BCUT2D eigenvalue weighted by Gasteiger charge is -2.24. The number of aromatic amines is 1. The average molecular weight is 393 g/mol. The predicted octanol–water partition coefficient (Wildman–Crippen LogP) is 5.60. The van der Waals surface area contributed by atoms with Crippen molar-refractivity contribution >= 4 is 33.8 Å². The molecule has 4 rings (SSSR count). The maximum absolute atomic E-state index is 3.61. The molecular weight excluding hydrogens is 364 g/mol. The molecule has 1 atom stereocenters. The minimum absolute atomic E-state index is 0.292. The second-order valence-corrected chi connectivity index (χ2v) is 8.66. The van der Waals surface area contributed by atoms with E-state index in [1.54, 1.807) is 11.9 Å². The SMILES string of the molecule is CC(C)n1cc(C(CNSc2cccc3cc[nH]c23)N(C)C)c2ccccc21. The Kier molecular flexibility index (Phi) is 5.49. The number of aromatic nitrogens is 2. The molecule has 2 heterocycles. The first-order valence-corrected chi connectivity index (χ1v) is 10.6. The molecule has 0 aliphatic carbocycles. The Balaban J connectivity index is 1.58. The van der Waals surface area contributed by atoms with Crippen LogP contribution in [0.1, 0.15) is 31.5 Å². The molecular formula is C23H28N4S. The first-order valence-electron chi connectivity index (χ1n) is 9.78. The van der Waals surface area contributed by atoms with Crippen LogP contribution >= 0.6 is 11.9 Å². The highest BCUT2D eigenvalue weighted by atomic mass is 32.2. The molecule has 0 fully saturated rings. The van der Waals surface area contributed by atoms with E-state index in [-0.39, 0.29) is 0 Å². The average Bonchev–Trinajstić information content (AvgIpc) is 3.30. The van der Waals surface area contributed by atoms with Crippen molar-refractivity contribution < 1.29 is 0 Å². The number of rotatable bonds is 7. The van der Waals surface area contributed by atoms with Gasteiger partial charge in [-0.05, 0) is 63.7 Å². The number of likely N-dealkylation sites (N-methyl/N-ethyl adjacent to an activating group) is 1. The van der Waals surface area contributed by atoms with Gasteiger partial charge in [0.2, 0.25) is 0 Å². The first-order chi connectivity index (χ1) is 13.6. The third-order valence-corrected chi connectivity index (χ3v) is 6.19. The molecule has 1 unspecified atom stereocenters. The molecule has 2 N–H and O–H groups in total. The third kappa shape index (κ3) is 3.58. The van der Waals surface area contributed by atoms with Gasteiger partial charge in [-0.3, -0.25) is 4.72 Å². The molecule has 2 aromatic heterocycles. The fourth-order valence-electron chi connectivity index (χ4n) is 3.83. The Morgan fingerprint density at radius 3 is 2.68 bits per heavy atom. The van der Waals surface area contributed by atoms with Crippen molar-refractivity contribution in [3.8, 4) is 0 Å². The van der Waals surface area contributed by atoms with Crippen LogP contribution in [0, 0.1) is 0 Å². The van der Waals surface area contributed by atoms with Gasteiger partial charge < -0.3 is 14.5 Å². The summed E-state index contributed by atoms with van der Waals surface area (Å²) in [4.78, 5) is 6.87. The molecule has 146 valence electrons. The topological polar surface area (TPSA) is 36.0 Å². The first kappa shape index (κ1) is 19.1. The number of benzene rings is 2. The van der Waals surface area contributed by atoms with Crippen molar-refractivity contribution in [2.45, 2.75) is 30.8 Å². The summed E-state index contributed by atoms with van der Waals surface area (Å²) >= 11 is 1.70. The van der Waals surface area contributed by atoms with Crippen molar-refractivity contribution in [2.24, 2.45) is 0 Å². The normalized spacial score (nSPS) is 13.2. The van der Waals surface area contributed by atoms with Crippen molar-refractivity contribution in [2.75, 3.05) is 20.6 Å². The van der Waals surface area contributed by atoms with Gasteiger partial charge in [0.05, 0.1) is 5.52 Å². The monoisotopic (exact) mass is 392 g/mol. The summed E-state index contributed by atoms with van der Waals surface area (Å²) in [6, 6.07) is 18.0. The lowest BCUT2D eigenvalue weighted by Crippen LogP contribution is -2.28. The summed E-state index contributed by atoms with van der Waals surface area (Å²) in [6.07, 6.45) is 4.33. The molecule has 0 bridgehead atoms. The Hall–Kier alpha value is -2.21. The van der Waals surface area contributed by atoms with Crippen molar-refractivity contribution in [3.05, 3.63) is 66.5 Å². The molecule has 4 aromatic rings. The van der Waals surface area contributed by atoms with Gasteiger partial charge in [-0.15, -0.1) is 0 Å². The highest BCUT2D eigenvalue weighted by Gasteiger charge is 2.20. The van der Waals surface area contributed by atoms with Gasteiger partial charge in [-0.1, -0.05) is 30.3 Å². The standard InChI is InChI=1S/C23H28N4S/c1-16(2)27-15-19(18-9-5-6-10-20(18)27)21(26(3)4)14-25-28-22-11-7-8-17-12-13-24-23(17)22/h5-13,15-16,21,24-25H,14H2,1-4H3. The summed E-state index contributed by atoms with van der Waals surface area (Å²) in [7, 11) is 4.31. The van der Waals surface area contributed by atoms with Crippen LogP contribution in [-0.2, 0) is 0 Å². The smallest absolute Gasteiger partial charge is 0.0605 e. The highest BCUT2D eigenvalue weighted by molar-refractivity contribution is 7.97. The van der Waals surface area contributed by atoms with Gasteiger partial charge >= 0.3 is 0 Å². The molecule has 0 radical (unpaired) electrons. The van der Waals surface area contributed by atoms with Crippen LogP contribution in [-0.4, -0.2) is 35.1 Å².